The number of hydrogen-bond donors (Lipinski definition) is 1. The van der Waals surface area contributed by atoms with E-state index in [0.717, 1.165) is 45.3 Å². The van der Waals surface area contributed by atoms with Gasteiger partial charge in [0.25, 0.3) is 0 Å². The van der Waals surface area contributed by atoms with Gasteiger partial charge in [-0.3, -0.25) is 0 Å². The molecule has 0 aliphatic carbocycles. The van der Waals surface area contributed by atoms with E-state index in [1.807, 2.05) is 0 Å². The van der Waals surface area contributed by atoms with Crippen molar-refractivity contribution in [3.8, 4) is 0 Å². The summed E-state index contributed by atoms with van der Waals surface area (Å²) in [5, 5.41) is 8.70. The number of unbranched alkanes of at least 4 members (excludes halogenated alkanes) is 10. The van der Waals surface area contributed by atoms with Crippen LogP contribution >= 0.6 is 0 Å². The molecule has 0 amide bonds. The van der Waals surface area contributed by atoms with E-state index >= 15 is 0 Å². The second kappa shape index (κ2) is 22.7. The van der Waals surface area contributed by atoms with E-state index in [1.165, 1.54) is 64.2 Å². The summed E-state index contributed by atoms with van der Waals surface area (Å²) in [5.41, 5.74) is 0. The monoisotopic (exact) mass is 370 g/mol. The van der Waals surface area contributed by atoms with E-state index in [4.69, 9.17) is 14.6 Å². The molecule has 3 nitrogen and oxygen atoms in total. The van der Waals surface area contributed by atoms with Crippen LogP contribution in [0.4, 0.5) is 0 Å². The molecule has 1 N–H and O–H groups in total. The molecule has 0 aromatic heterocycles. The second-order valence-corrected chi connectivity index (χ2v) is 7.27. The van der Waals surface area contributed by atoms with Crippen LogP contribution in [0.25, 0.3) is 0 Å². The second-order valence-electron chi connectivity index (χ2n) is 7.27. The van der Waals surface area contributed by atoms with Crippen molar-refractivity contribution in [3.05, 3.63) is 12.2 Å². The van der Waals surface area contributed by atoms with Crippen LogP contribution in [0.3, 0.4) is 0 Å². The van der Waals surface area contributed by atoms with Crippen molar-refractivity contribution in [2.45, 2.75) is 116 Å². The van der Waals surface area contributed by atoms with E-state index in [-0.39, 0.29) is 12.9 Å². The summed E-state index contributed by atoms with van der Waals surface area (Å²) in [7, 11) is 0. The topological polar surface area (TPSA) is 38.7 Å². The van der Waals surface area contributed by atoms with Crippen LogP contribution in [-0.4, -0.2) is 31.2 Å². The summed E-state index contributed by atoms with van der Waals surface area (Å²) in [4.78, 5) is 0. The van der Waals surface area contributed by atoms with Gasteiger partial charge in [0.2, 0.25) is 0 Å². The number of aliphatic hydroxyl groups is 1. The Morgan fingerprint density at radius 2 is 1.19 bits per heavy atom. The van der Waals surface area contributed by atoms with Crippen molar-refractivity contribution in [3.63, 3.8) is 0 Å². The Hall–Kier alpha value is -0.380. The molecule has 0 fully saturated rings. The molecule has 0 aliphatic heterocycles. The molecule has 3 heteroatoms. The smallest absolute Gasteiger partial charge is 0.157 e. The summed E-state index contributed by atoms with van der Waals surface area (Å²) < 4.78 is 11.9. The SMILES string of the molecule is CCCCCOC(CCCCCCCC/C=C\CCO)OCCCCC. The van der Waals surface area contributed by atoms with E-state index < -0.39 is 0 Å². The van der Waals surface area contributed by atoms with Crippen molar-refractivity contribution >= 4 is 0 Å². The summed E-state index contributed by atoms with van der Waals surface area (Å²) in [6, 6.07) is 0. The highest BCUT2D eigenvalue weighted by Gasteiger charge is 2.09. The average Bonchev–Trinajstić information content (AvgIpc) is 2.66. The van der Waals surface area contributed by atoms with Gasteiger partial charge in [-0.25, -0.2) is 0 Å². The zero-order valence-corrected chi connectivity index (χ0v) is 17.7. The molecule has 156 valence electrons. The molecule has 0 bridgehead atoms. The number of aliphatic hydroxyl groups excluding tert-OH is 1. The lowest BCUT2D eigenvalue weighted by molar-refractivity contribution is -0.148. The highest BCUT2D eigenvalue weighted by molar-refractivity contribution is 4.80. The van der Waals surface area contributed by atoms with Crippen molar-refractivity contribution in [1.29, 1.82) is 0 Å². The first-order chi connectivity index (χ1) is 12.8. The largest absolute Gasteiger partial charge is 0.396 e. The van der Waals surface area contributed by atoms with Crippen LogP contribution in [0.15, 0.2) is 12.2 Å². The van der Waals surface area contributed by atoms with Crippen molar-refractivity contribution in [2.24, 2.45) is 0 Å². The van der Waals surface area contributed by atoms with E-state index in [1.54, 1.807) is 0 Å². The van der Waals surface area contributed by atoms with Crippen molar-refractivity contribution < 1.29 is 14.6 Å². The quantitative estimate of drug-likeness (QED) is 0.137. The third-order valence-corrected chi connectivity index (χ3v) is 4.63. The number of allylic oxidation sites excluding steroid dienone is 1. The molecule has 0 unspecified atom stereocenters. The number of rotatable bonds is 21. The lowest BCUT2D eigenvalue weighted by Crippen LogP contribution is -2.19. The molecule has 0 aliphatic rings. The Morgan fingerprint density at radius 3 is 1.77 bits per heavy atom. The van der Waals surface area contributed by atoms with Gasteiger partial charge < -0.3 is 14.6 Å². The fraction of sp³-hybridized carbons (Fsp3) is 0.913. The first-order valence-electron chi connectivity index (χ1n) is 11.3. The van der Waals surface area contributed by atoms with Crippen LogP contribution in [0.2, 0.25) is 0 Å². The molecule has 0 saturated carbocycles. The maximum Gasteiger partial charge on any atom is 0.157 e. The molecular weight excluding hydrogens is 324 g/mol. The Morgan fingerprint density at radius 1 is 0.654 bits per heavy atom. The van der Waals surface area contributed by atoms with Crippen LogP contribution < -0.4 is 0 Å². The fourth-order valence-corrected chi connectivity index (χ4v) is 2.94. The standard InChI is InChI=1S/C23H46O3/c1-3-5-17-21-25-23(26-22-18-6-4-2)19-15-13-11-9-7-8-10-12-14-16-20-24/h12,14,23-24H,3-11,13,15-22H2,1-2H3/b14-12-. The first kappa shape index (κ1) is 25.6. The summed E-state index contributed by atoms with van der Waals surface area (Å²) >= 11 is 0. The van der Waals surface area contributed by atoms with Gasteiger partial charge in [-0.1, -0.05) is 77.4 Å². The van der Waals surface area contributed by atoms with Gasteiger partial charge in [-0.15, -0.1) is 0 Å². The lowest BCUT2D eigenvalue weighted by Gasteiger charge is -2.18. The maximum atomic E-state index is 8.70. The average molecular weight is 371 g/mol. The van der Waals surface area contributed by atoms with Crippen molar-refractivity contribution in [1.82, 2.24) is 0 Å². The molecule has 0 heterocycles. The zero-order valence-electron chi connectivity index (χ0n) is 17.7. The summed E-state index contributed by atoms with van der Waals surface area (Å²) in [6.07, 6.45) is 22.3. The van der Waals surface area contributed by atoms with Gasteiger partial charge in [0.15, 0.2) is 6.29 Å². The van der Waals surface area contributed by atoms with Gasteiger partial charge in [0.05, 0.1) is 0 Å². The van der Waals surface area contributed by atoms with Crippen LogP contribution in [0.1, 0.15) is 110 Å². The van der Waals surface area contributed by atoms with Gasteiger partial charge in [0.1, 0.15) is 0 Å². The van der Waals surface area contributed by atoms with Crippen LogP contribution in [0, 0.1) is 0 Å². The van der Waals surface area contributed by atoms with Crippen molar-refractivity contribution in [2.75, 3.05) is 19.8 Å². The highest BCUT2D eigenvalue weighted by atomic mass is 16.7. The minimum Gasteiger partial charge on any atom is -0.396 e. The van der Waals surface area contributed by atoms with Gasteiger partial charge >= 0.3 is 0 Å². The Bertz CT molecular complexity index is 267. The highest BCUT2D eigenvalue weighted by Crippen LogP contribution is 2.13. The Balaban J connectivity index is 3.62. The number of ether oxygens (including phenoxy) is 2. The van der Waals surface area contributed by atoms with E-state index in [9.17, 15) is 0 Å². The molecule has 0 aromatic carbocycles. The van der Waals surface area contributed by atoms with Crippen LogP contribution in [0.5, 0.6) is 0 Å². The fourth-order valence-electron chi connectivity index (χ4n) is 2.94. The molecule has 0 rings (SSSR count). The maximum absolute atomic E-state index is 8.70. The van der Waals surface area contributed by atoms with Gasteiger partial charge in [0, 0.05) is 19.8 Å². The predicted molar refractivity (Wildman–Crippen MR) is 113 cm³/mol. The molecule has 0 aromatic rings. The normalized spacial score (nSPS) is 11.8. The molecular formula is C23H46O3. The Kier molecular flexibility index (Phi) is 22.3. The number of hydrogen-bond acceptors (Lipinski definition) is 3. The van der Waals surface area contributed by atoms with Gasteiger partial charge in [-0.05, 0) is 44.9 Å². The summed E-state index contributed by atoms with van der Waals surface area (Å²) in [6.45, 7) is 6.41. The lowest BCUT2D eigenvalue weighted by atomic mass is 10.1. The molecule has 0 spiro atoms. The van der Waals surface area contributed by atoms with E-state index in [0.29, 0.717) is 0 Å². The third kappa shape index (κ3) is 19.9. The molecule has 0 atom stereocenters. The van der Waals surface area contributed by atoms with Gasteiger partial charge in [-0.2, -0.15) is 0 Å². The summed E-state index contributed by atoms with van der Waals surface area (Å²) in [5.74, 6) is 0. The zero-order chi connectivity index (χ0) is 19.1. The minimum atomic E-state index is 0.0142. The molecule has 0 saturated heterocycles. The molecule has 26 heavy (non-hydrogen) atoms. The third-order valence-electron chi connectivity index (χ3n) is 4.63. The van der Waals surface area contributed by atoms with E-state index in [2.05, 4.69) is 26.0 Å². The Labute approximate surface area is 163 Å². The predicted octanol–water partition coefficient (Wildman–Crippen LogP) is 6.79. The minimum absolute atomic E-state index is 0.0142. The first-order valence-corrected chi connectivity index (χ1v) is 11.3. The molecule has 0 radical (unpaired) electrons. The van der Waals surface area contributed by atoms with Crippen LogP contribution in [-0.2, 0) is 9.47 Å².